The van der Waals surface area contributed by atoms with Gasteiger partial charge in [0.25, 0.3) is 0 Å². The van der Waals surface area contributed by atoms with Crippen LogP contribution in [0.15, 0.2) is 24.3 Å². The molecule has 1 aromatic carbocycles. The van der Waals surface area contributed by atoms with Crippen molar-refractivity contribution in [2.24, 2.45) is 5.92 Å². The fourth-order valence-corrected chi connectivity index (χ4v) is 5.53. The highest BCUT2D eigenvalue weighted by Gasteiger charge is 2.35. The van der Waals surface area contributed by atoms with Crippen LogP contribution in [0.3, 0.4) is 0 Å². The second kappa shape index (κ2) is 9.22. The lowest BCUT2D eigenvalue weighted by molar-refractivity contribution is -0.126. The van der Waals surface area contributed by atoms with E-state index >= 15 is 0 Å². The number of rotatable bonds is 5. The van der Waals surface area contributed by atoms with Gasteiger partial charge in [-0.2, -0.15) is 12.7 Å². The summed E-state index contributed by atoms with van der Waals surface area (Å²) in [7, 11) is -2.31. The molecule has 1 aliphatic heterocycles. The number of hydrogen-bond acceptors (Lipinski definition) is 3. The van der Waals surface area contributed by atoms with E-state index in [1.54, 1.807) is 0 Å². The molecule has 1 atom stereocenters. The van der Waals surface area contributed by atoms with Crippen LogP contribution in [0.4, 0.5) is 10.1 Å². The van der Waals surface area contributed by atoms with Crippen molar-refractivity contribution >= 4 is 21.8 Å². The van der Waals surface area contributed by atoms with E-state index in [4.69, 9.17) is 0 Å². The fourth-order valence-electron chi connectivity index (χ4n) is 4.07. The van der Waals surface area contributed by atoms with E-state index in [1.807, 2.05) is 0 Å². The molecule has 0 spiro atoms. The molecule has 0 radical (unpaired) electrons. The summed E-state index contributed by atoms with van der Waals surface area (Å²) in [5.74, 6) is -0.771. The van der Waals surface area contributed by atoms with Gasteiger partial charge < -0.3 is 5.32 Å². The Bertz CT molecular complexity index is 761. The number of anilines is 1. The van der Waals surface area contributed by atoms with E-state index < -0.39 is 16.0 Å². The molecule has 3 rings (SSSR count). The van der Waals surface area contributed by atoms with Crippen LogP contribution in [0, 0.1) is 11.7 Å². The molecule has 1 aliphatic carbocycles. The lowest BCUT2D eigenvalue weighted by Gasteiger charge is -2.35. The van der Waals surface area contributed by atoms with E-state index in [1.165, 1.54) is 48.5 Å². The zero-order valence-corrected chi connectivity index (χ0v) is 17.3. The third-order valence-electron chi connectivity index (χ3n) is 5.82. The van der Waals surface area contributed by atoms with Gasteiger partial charge in [-0.05, 0) is 49.9 Å². The monoisotopic (exact) mass is 411 g/mol. The molecular formula is C20H30FN3O3S. The first-order valence-corrected chi connectivity index (χ1v) is 11.6. The first kappa shape index (κ1) is 21.0. The molecule has 2 aliphatic rings. The van der Waals surface area contributed by atoms with Gasteiger partial charge in [0.1, 0.15) is 5.82 Å². The van der Waals surface area contributed by atoms with Gasteiger partial charge in [-0.1, -0.05) is 25.7 Å². The number of piperidine rings is 1. The molecule has 1 heterocycles. The predicted molar refractivity (Wildman–Crippen MR) is 108 cm³/mol. The number of amides is 1. The topological polar surface area (TPSA) is 69.7 Å². The number of carbonyl (C=O) groups excluding carboxylic acids is 1. The van der Waals surface area contributed by atoms with Crippen molar-refractivity contribution in [3.8, 4) is 0 Å². The standard InChI is InChI=1S/C20H30FN3O3S/c1-23(19-12-10-17(21)11-13-19)28(26,27)24-14-6-7-16(15-24)20(25)22-18-8-4-2-3-5-9-18/h10-13,16,18H,2-9,14-15H2,1H3,(H,22,25)/t16-/m1/s1. The van der Waals surface area contributed by atoms with Crippen molar-refractivity contribution in [3.05, 3.63) is 30.1 Å². The fraction of sp³-hybridized carbons (Fsp3) is 0.650. The normalized spacial score (nSPS) is 22.4. The van der Waals surface area contributed by atoms with E-state index in [9.17, 15) is 17.6 Å². The number of halogens is 1. The van der Waals surface area contributed by atoms with E-state index in [2.05, 4.69) is 5.32 Å². The molecule has 1 saturated heterocycles. The van der Waals surface area contributed by atoms with Crippen LogP contribution >= 0.6 is 0 Å². The quantitative estimate of drug-likeness (QED) is 0.757. The van der Waals surface area contributed by atoms with E-state index in [0.717, 1.165) is 30.0 Å². The summed E-state index contributed by atoms with van der Waals surface area (Å²) in [5.41, 5.74) is 0.395. The minimum Gasteiger partial charge on any atom is -0.353 e. The Kier molecular flexibility index (Phi) is 6.93. The van der Waals surface area contributed by atoms with Crippen molar-refractivity contribution in [1.29, 1.82) is 0 Å². The Labute approximate surface area is 167 Å². The van der Waals surface area contributed by atoms with Crippen LogP contribution in [0.5, 0.6) is 0 Å². The van der Waals surface area contributed by atoms with Gasteiger partial charge in [-0.25, -0.2) is 4.39 Å². The molecule has 1 amide bonds. The van der Waals surface area contributed by atoms with Crippen LogP contribution < -0.4 is 9.62 Å². The zero-order chi connectivity index (χ0) is 20.1. The summed E-state index contributed by atoms with van der Waals surface area (Å²) >= 11 is 0. The first-order chi connectivity index (χ1) is 13.4. The molecule has 0 bridgehead atoms. The van der Waals surface area contributed by atoms with Gasteiger partial charge in [-0.15, -0.1) is 0 Å². The van der Waals surface area contributed by atoms with Gasteiger partial charge in [0.05, 0.1) is 11.6 Å². The predicted octanol–water partition coefficient (Wildman–Crippen LogP) is 3.06. The summed E-state index contributed by atoms with van der Waals surface area (Å²) in [6, 6.07) is 5.56. The summed E-state index contributed by atoms with van der Waals surface area (Å²) in [6.07, 6.45) is 8.08. The van der Waals surface area contributed by atoms with E-state index in [0.29, 0.717) is 25.1 Å². The second-order valence-electron chi connectivity index (χ2n) is 7.85. The molecule has 0 unspecified atom stereocenters. The second-order valence-corrected chi connectivity index (χ2v) is 9.81. The molecule has 1 N–H and O–H groups in total. The number of carbonyl (C=O) groups is 1. The zero-order valence-electron chi connectivity index (χ0n) is 16.4. The van der Waals surface area contributed by atoms with Crippen molar-refractivity contribution in [2.45, 2.75) is 57.4 Å². The van der Waals surface area contributed by atoms with Crippen molar-refractivity contribution in [3.63, 3.8) is 0 Å². The van der Waals surface area contributed by atoms with Crippen LogP contribution in [-0.4, -0.2) is 44.8 Å². The van der Waals surface area contributed by atoms with Crippen molar-refractivity contribution in [1.82, 2.24) is 9.62 Å². The number of nitrogens with one attached hydrogen (secondary N) is 1. The maximum atomic E-state index is 13.1. The van der Waals surface area contributed by atoms with Crippen LogP contribution in [0.25, 0.3) is 0 Å². The summed E-state index contributed by atoms with van der Waals surface area (Å²) in [4.78, 5) is 12.7. The number of hydrogen-bond donors (Lipinski definition) is 1. The Morgan fingerprint density at radius 2 is 1.71 bits per heavy atom. The highest BCUT2D eigenvalue weighted by Crippen LogP contribution is 2.25. The molecule has 6 nitrogen and oxygen atoms in total. The minimum absolute atomic E-state index is 0.0313. The smallest absolute Gasteiger partial charge is 0.303 e. The van der Waals surface area contributed by atoms with Gasteiger partial charge in [0.2, 0.25) is 5.91 Å². The summed E-state index contributed by atoms with van der Waals surface area (Å²) in [6.45, 7) is 0.577. The number of benzene rings is 1. The van der Waals surface area contributed by atoms with Gasteiger partial charge in [0, 0.05) is 26.2 Å². The SMILES string of the molecule is CN(c1ccc(F)cc1)S(=O)(=O)N1CCC[C@@H](C(=O)NC2CCCCCC2)C1. The van der Waals surface area contributed by atoms with E-state index in [-0.39, 0.29) is 24.4 Å². The first-order valence-electron chi connectivity index (χ1n) is 10.2. The molecular weight excluding hydrogens is 381 g/mol. The Hall–Kier alpha value is -1.67. The Morgan fingerprint density at radius 1 is 1.07 bits per heavy atom. The van der Waals surface area contributed by atoms with Gasteiger partial charge in [0.15, 0.2) is 0 Å². The molecule has 8 heteroatoms. The Morgan fingerprint density at radius 3 is 2.36 bits per heavy atom. The molecule has 156 valence electrons. The average molecular weight is 412 g/mol. The van der Waals surface area contributed by atoms with Gasteiger partial charge >= 0.3 is 10.2 Å². The third-order valence-corrected chi connectivity index (χ3v) is 7.71. The third kappa shape index (κ3) is 5.03. The summed E-state index contributed by atoms with van der Waals surface area (Å²) < 4.78 is 41.7. The van der Waals surface area contributed by atoms with Crippen molar-refractivity contribution in [2.75, 3.05) is 24.4 Å². The summed E-state index contributed by atoms with van der Waals surface area (Å²) in [5, 5.41) is 3.15. The molecule has 1 saturated carbocycles. The molecule has 2 fully saturated rings. The molecule has 28 heavy (non-hydrogen) atoms. The number of nitrogens with zero attached hydrogens (tertiary/aromatic N) is 2. The molecule has 1 aromatic rings. The Balaban J connectivity index is 1.64. The maximum absolute atomic E-state index is 13.1. The average Bonchev–Trinajstić information content (AvgIpc) is 2.97. The minimum atomic E-state index is -3.77. The molecule has 0 aromatic heterocycles. The maximum Gasteiger partial charge on any atom is 0.303 e. The highest BCUT2D eigenvalue weighted by molar-refractivity contribution is 7.90. The van der Waals surface area contributed by atoms with Gasteiger partial charge in [-0.3, -0.25) is 9.10 Å². The van der Waals surface area contributed by atoms with Crippen LogP contribution in [0.2, 0.25) is 0 Å². The van der Waals surface area contributed by atoms with Crippen molar-refractivity contribution < 1.29 is 17.6 Å². The highest BCUT2D eigenvalue weighted by atomic mass is 32.2. The largest absolute Gasteiger partial charge is 0.353 e. The van der Waals surface area contributed by atoms with Crippen LogP contribution in [0.1, 0.15) is 51.4 Å². The lowest BCUT2D eigenvalue weighted by Crippen LogP contribution is -2.50. The lowest BCUT2D eigenvalue weighted by atomic mass is 9.97. The van der Waals surface area contributed by atoms with Crippen LogP contribution in [-0.2, 0) is 15.0 Å².